The molecule has 1 aliphatic heterocycles. The number of fused-ring (bicyclic) bond motifs is 1. The number of nitrogens with zero attached hydrogens (tertiary/aromatic N) is 1. The summed E-state index contributed by atoms with van der Waals surface area (Å²) in [6, 6.07) is 9.81. The SMILES string of the molecule is CCC1(C(=O)Nc2cccc3cccnc23)CCCNC1. The summed E-state index contributed by atoms with van der Waals surface area (Å²) in [4.78, 5) is 17.2. The van der Waals surface area contributed by atoms with Crippen LogP contribution in [0.5, 0.6) is 0 Å². The third-order valence-electron chi connectivity index (χ3n) is 4.51. The second-order valence-electron chi connectivity index (χ2n) is 5.75. The van der Waals surface area contributed by atoms with Gasteiger partial charge in [-0.2, -0.15) is 0 Å². The van der Waals surface area contributed by atoms with E-state index in [1.165, 1.54) is 0 Å². The third kappa shape index (κ3) is 2.63. The van der Waals surface area contributed by atoms with E-state index in [1.807, 2.05) is 30.3 Å². The van der Waals surface area contributed by atoms with Crippen LogP contribution in [0.25, 0.3) is 10.9 Å². The normalized spacial score (nSPS) is 22.1. The number of carbonyl (C=O) groups is 1. The minimum absolute atomic E-state index is 0.107. The maximum absolute atomic E-state index is 12.8. The van der Waals surface area contributed by atoms with Gasteiger partial charge < -0.3 is 10.6 Å². The van der Waals surface area contributed by atoms with Crippen molar-refractivity contribution >= 4 is 22.5 Å². The Balaban J connectivity index is 1.89. The van der Waals surface area contributed by atoms with Gasteiger partial charge in [0.2, 0.25) is 5.91 Å². The summed E-state index contributed by atoms with van der Waals surface area (Å²) >= 11 is 0. The highest BCUT2D eigenvalue weighted by atomic mass is 16.2. The summed E-state index contributed by atoms with van der Waals surface area (Å²) < 4.78 is 0. The summed E-state index contributed by atoms with van der Waals surface area (Å²) in [6.45, 7) is 3.85. The maximum atomic E-state index is 12.8. The van der Waals surface area contributed by atoms with Crippen molar-refractivity contribution in [3.63, 3.8) is 0 Å². The Labute approximate surface area is 125 Å². The number of hydrogen-bond donors (Lipinski definition) is 2. The van der Waals surface area contributed by atoms with Crippen molar-refractivity contribution in [3.05, 3.63) is 36.5 Å². The molecule has 1 atom stereocenters. The smallest absolute Gasteiger partial charge is 0.231 e. The molecule has 0 spiro atoms. The molecule has 3 rings (SSSR count). The van der Waals surface area contributed by atoms with E-state index in [4.69, 9.17) is 0 Å². The molecular formula is C17H21N3O. The molecule has 4 nitrogen and oxygen atoms in total. The fraction of sp³-hybridized carbons (Fsp3) is 0.412. The topological polar surface area (TPSA) is 54.0 Å². The molecule has 0 bridgehead atoms. The highest BCUT2D eigenvalue weighted by molar-refractivity contribution is 6.02. The van der Waals surface area contributed by atoms with Crippen molar-refractivity contribution in [2.45, 2.75) is 26.2 Å². The molecule has 21 heavy (non-hydrogen) atoms. The quantitative estimate of drug-likeness (QED) is 0.910. The molecule has 1 aromatic carbocycles. The minimum atomic E-state index is -0.296. The van der Waals surface area contributed by atoms with Crippen molar-refractivity contribution in [1.29, 1.82) is 0 Å². The van der Waals surface area contributed by atoms with Crippen molar-refractivity contribution < 1.29 is 4.79 Å². The number of piperidine rings is 1. The summed E-state index contributed by atoms with van der Waals surface area (Å²) in [6.07, 6.45) is 4.61. The monoisotopic (exact) mass is 283 g/mol. The number of benzene rings is 1. The van der Waals surface area contributed by atoms with E-state index in [9.17, 15) is 4.79 Å². The molecule has 2 N–H and O–H groups in total. The first kappa shape index (κ1) is 14.0. The molecule has 1 saturated heterocycles. The average molecular weight is 283 g/mol. The lowest BCUT2D eigenvalue weighted by Gasteiger charge is -2.35. The molecule has 2 aromatic rings. The average Bonchev–Trinajstić information content (AvgIpc) is 2.56. The molecule has 1 fully saturated rings. The number of para-hydroxylation sites is 1. The van der Waals surface area contributed by atoms with E-state index in [2.05, 4.69) is 22.5 Å². The van der Waals surface area contributed by atoms with Gasteiger partial charge in [-0.3, -0.25) is 9.78 Å². The minimum Gasteiger partial charge on any atom is -0.324 e. The zero-order valence-corrected chi connectivity index (χ0v) is 12.4. The second-order valence-corrected chi connectivity index (χ2v) is 5.75. The van der Waals surface area contributed by atoms with Crippen LogP contribution < -0.4 is 10.6 Å². The Morgan fingerprint density at radius 3 is 3.00 bits per heavy atom. The van der Waals surface area contributed by atoms with Gasteiger partial charge in [0.25, 0.3) is 0 Å². The Kier molecular flexibility index (Phi) is 3.88. The van der Waals surface area contributed by atoms with Gasteiger partial charge in [-0.15, -0.1) is 0 Å². The number of amides is 1. The second kappa shape index (κ2) is 5.82. The molecule has 4 heteroatoms. The predicted molar refractivity (Wildman–Crippen MR) is 85.2 cm³/mol. The first-order valence-corrected chi connectivity index (χ1v) is 7.61. The Bertz CT molecular complexity index is 642. The van der Waals surface area contributed by atoms with Crippen LogP contribution in [0, 0.1) is 5.41 Å². The van der Waals surface area contributed by atoms with Crippen LogP contribution in [0.3, 0.4) is 0 Å². The zero-order valence-electron chi connectivity index (χ0n) is 12.4. The van der Waals surface area contributed by atoms with Crippen molar-refractivity contribution in [1.82, 2.24) is 10.3 Å². The lowest BCUT2D eigenvalue weighted by molar-refractivity contribution is -0.126. The van der Waals surface area contributed by atoms with Crippen LogP contribution in [0.15, 0.2) is 36.5 Å². The standard InChI is InChI=1S/C17H21N3O/c1-2-17(9-5-10-18-12-17)16(21)20-14-8-3-6-13-7-4-11-19-15(13)14/h3-4,6-8,11,18H,2,5,9-10,12H2,1H3,(H,20,21). The van der Waals surface area contributed by atoms with Gasteiger partial charge in [0.1, 0.15) is 0 Å². The maximum Gasteiger partial charge on any atom is 0.231 e. The van der Waals surface area contributed by atoms with Gasteiger partial charge in [0.15, 0.2) is 0 Å². The number of aromatic nitrogens is 1. The third-order valence-corrected chi connectivity index (χ3v) is 4.51. The van der Waals surface area contributed by atoms with Gasteiger partial charge in [0.05, 0.1) is 16.6 Å². The molecule has 1 aliphatic rings. The van der Waals surface area contributed by atoms with Crippen molar-refractivity contribution in [2.75, 3.05) is 18.4 Å². The van der Waals surface area contributed by atoms with Gasteiger partial charge in [-0.1, -0.05) is 25.1 Å². The van der Waals surface area contributed by atoms with Gasteiger partial charge in [-0.25, -0.2) is 0 Å². The van der Waals surface area contributed by atoms with E-state index in [0.29, 0.717) is 0 Å². The van der Waals surface area contributed by atoms with Crippen LogP contribution in [0.1, 0.15) is 26.2 Å². The van der Waals surface area contributed by atoms with Crippen LogP contribution in [0.4, 0.5) is 5.69 Å². The Morgan fingerprint density at radius 2 is 2.24 bits per heavy atom. The van der Waals surface area contributed by atoms with Crippen LogP contribution in [0.2, 0.25) is 0 Å². The highest BCUT2D eigenvalue weighted by Gasteiger charge is 2.37. The first-order chi connectivity index (χ1) is 10.2. The van der Waals surface area contributed by atoms with E-state index < -0.39 is 0 Å². The molecule has 1 aromatic heterocycles. The predicted octanol–water partition coefficient (Wildman–Crippen LogP) is 2.95. The molecule has 2 heterocycles. The summed E-state index contributed by atoms with van der Waals surface area (Å²) in [5.41, 5.74) is 1.36. The number of carbonyl (C=O) groups excluding carboxylic acids is 1. The van der Waals surface area contributed by atoms with Gasteiger partial charge >= 0.3 is 0 Å². The lowest BCUT2D eigenvalue weighted by atomic mass is 9.77. The van der Waals surface area contributed by atoms with Crippen LogP contribution in [-0.4, -0.2) is 24.0 Å². The zero-order chi connectivity index (χ0) is 14.7. The molecule has 0 radical (unpaired) electrons. The summed E-state index contributed by atoms with van der Waals surface area (Å²) in [5.74, 6) is 0.107. The van der Waals surface area contributed by atoms with Crippen LogP contribution >= 0.6 is 0 Å². The number of anilines is 1. The molecule has 110 valence electrons. The fourth-order valence-electron chi connectivity index (χ4n) is 3.08. The highest BCUT2D eigenvalue weighted by Crippen LogP contribution is 2.32. The van der Waals surface area contributed by atoms with E-state index >= 15 is 0 Å². The molecule has 1 amide bonds. The van der Waals surface area contributed by atoms with Crippen molar-refractivity contribution in [2.24, 2.45) is 5.41 Å². The Hall–Kier alpha value is -1.94. The summed E-state index contributed by atoms with van der Waals surface area (Å²) in [5, 5.41) is 7.50. The number of pyridine rings is 1. The molecular weight excluding hydrogens is 262 g/mol. The van der Waals surface area contributed by atoms with E-state index in [-0.39, 0.29) is 11.3 Å². The number of rotatable bonds is 3. The summed E-state index contributed by atoms with van der Waals surface area (Å²) in [7, 11) is 0. The lowest BCUT2D eigenvalue weighted by Crippen LogP contribution is -2.47. The largest absolute Gasteiger partial charge is 0.324 e. The van der Waals surface area contributed by atoms with Crippen molar-refractivity contribution in [3.8, 4) is 0 Å². The molecule has 0 saturated carbocycles. The van der Waals surface area contributed by atoms with Gasteiger partial charge in [-0.05, 0) is 37.9 Å². The fourth-order valence-corrected chi connectivity index (χ4v) is 3.08. The molecule has 0 aliphatic carbocycles. The first-order valence-electron chi connectivity index (χ1n) is 7.61. The van der Waals surface area contributed by atoms with E-state index in [1.54, 1.807) is 6.20 Å². The Morgan fingerprint density at radius 1 is 1.38 bits per heavy atom. The van der Waals surface area contributed by atoms with E-state index in [0.717, 1.165) is 48.9 Å². The van der Waals surface area contributed by atoms with Gasteiger partial charge in [0, 0.05) is 18.1 Å². The number of nitrogens with one attached hydrogen (secondary N) is 2. The number of hydrogen-bond acceptors (Lipinski definition) is 3. The molecule has 1 unspecified atom stereocenters. The van der Waals surface area contributed by atoms with Crippen LogP contribution in [-0.2, 0) is 4.79 Å².